The van der Waals surface area contributed by atoms with Crippen LogP contribution in [-0.4, -0.2) is 17.8 Å². The summed E-state index contributed by atoms with van der Waals surface area (Å²) < 4.78 is 5.27. The lowest BCUT2D eigenvalue weighted by Gasteiger charge is -2.51. The van der Waals surface area contributed by atoms with E-state index in [0.29, 0.717) is 0 Å². The fraction of sp³-hybridized carbons (Fsp3) is 0.308. The van der Waals surface area contributed by atoms with E-state index in [1.807, 2.05) is 22.7 Å². The van der Waals surface area contributed by atoms with Crippen molar-refractivity contribution in [1.82, 2.24) is 0 Å². The van der Waals surface area contributed by atoms with Gasteiger partial charge in [-0.2, -0.15) is 0 Å². The van der Waals surface area contributed by atoms with Crippen LogP contribution in [0.15, 0.2) is 176 Å². The van der Waals surface area contributed by atoms with Crippen LogP contribution in [0.25, 0.3) is 40.3 Å². The van der Waals surface area contributed by atoms with Gasteiger partial charge in [-0.25, -0.2) is 0 Å². The van der Waals surface area contributed by atoms with E-state index in [4.69, 9.17) is 0 Å². The zero-order valence-corrected chi connectivity index (χ0v) is 52.7. The molecule has 0 N–H and O–H groups in total. The molecule has 0 spiro atoms. The van der Waals surface area contributed by atoms with Gasteiger partial charge in [0.15, 0.2) is 0 Å². The second kappa shape index (κ2) is 17.7. The average molecular weight is 1140 g/mol. The molecule has 11 aromatic rings. The highest BCUT2D eigenvalue weighted by atomic mass is 32.1. The molecule has 4 nitrogen and oxygen atoms in total. The third kappa shape index (κ3) is 6.92. The fourth-order valence-corrected chi connectivity index (χ4v) is 20.1. The Bertz CT molecular complexity index is 4670. The number of benzene rings is 9. The van der Waals surface area contributed by atoms with Gasteiger partial charge in [0.1, 0.15) is 0 Å². The number of nitrogens with zero attached hydrogens (tertiary/aromatic N) is 4. The predicted molar refractivity (Wildman–Crippen MR) is 369 cm³/mol. The molecule has 6 aliphatic rings. The number of anilines is 10. The lowest BCUT2D eigenvalue weighted by molar-refractivity contribution is 0.195. The van der Waals surface area contributed by atoms with Gasteiger partial charge in [0.05, 0.1) is 22.5 Å². The molecule has 17 rings (SSSR count). The van der Waals surface area contributed by atoms with Gasteiger partial charge >= 0.3 is 0 Å². The minimum absolute atomic E-state index is 0.0173. The molecule has 0 bridgehead atoms. The first-order valence-corrected chi connectivity index (χ1v) is 33.3. The quantitative estimate of drug-likeness (QED) is 0.163. The molecule has 85 heavy (non-hydrogen) atoms. The largest absolute Gasteiger partial charge is 0.334 e. The summed E-state index contributed by atoms with van der Waals surface area (Å²) in [5.74, 6) is 0. The Labute approximate surface area is 510 Å². The van der Waals surface area contributed by atoms with Gasteiger partial charge in [-0.05, 0) is 168 Å². The van der Waals surface area contributed by atoms with Crippen LogP contribution in [0.4, 0.5) is 56.9 Å². The number of fused-ring (bicyclic) bond motifs is 16. The zero-order chi connectivity index (χ0) is 57.9. The highest BCUT2D eigenvalue weighted by molar-refractivity contribution is 7.26. The SMILES string of the molecule is CC(C)(C)c1ccc2c(c1)B1c3ccc(N4c5ccc(C(C)(C)C)cc5C5(C)CCCCC45C)cc3N(c3cccc4sc5ccccc5c34)c3cc(N4c5ccccc5C5(C)CCCCC45C)cc(c31)N2c1cccc2sc3ccccc3c12. The van der Waals surface area contributed by atoms with Crippen LogP contribution < -0.4 is 36.0 Å². The van der Waals surface area contributed by atoms with Crippen LogP contribution in [0.2, 0.25) is 0 Å². The standard InChI is InChI=1S/C78H75BN4S2/c1-73(2,3)48-33-37-59-55(43-48)76(8)40-18-20-42-78(76,10)82(59)50-35-36-56-63(45-50)81(62-28-22-32-69-71(62)53-24-12-16-30-67(53)85-69)65-47-51(83-58-26-14-13-25-54(58)75(7)39-17-19-41-77(75,83)9)46-64-72(65)79(56)57-44-49(74(4,5)6)34-38-60(57)80(64)61-27-21-31-68-70(61)52-23-11-15-29-66(52)84-68/h11-16,21-38,43-47H,17-20,39-42H2,1-10H3. The highest BCUT2D eigenvalue weighted by Crippen LogP contribution is 2.64. The Kier molecular flexibility index (Phi) is 10.8. The van der Waals surface area contributed by atoms with Crippen LogP contribution in [0, 0.1) is 0 Å². The zero-order valence-electron chi connectivity index (χ0n) is 51.1. The Morgan fingerprint density at radius 2 is 0.847 bits per heavy atom. The van der Waals surface area contributed by atoms with E-state index < -0.39 is 0 Å². The third-order valence-electron chi connectivity index (χ3n) is 22.6. The van der Waals surface area contributed by atoms with E-state index in [1.54, 1.807) is 0 Å². The molecule has 4 unspecified atom stereocenters. The van der Waals surface area contributed by atoms with Crippen molar-refractivity contribution in [2.45, 2.75) is 153 Å². The normalized spacial score (nSPS) is 23.1. The smallest absolute Gasteiger partial charge is 0.252 e. The van der Waals surface area contributed by atoms with Crippen LogP contribution in [-0.2, 0) is 21.7 Å². The number of hydrogen-bond donors (Lipinski definition) is 0. The summed E-state index contributed by atoms with van der Waals surface area (Å²) >= 11 is 3.84. The van der Waals surface area contributed by atoms with Crippen molar-refractivity contribution >= 4 is 143 Å². The van der Waals surface area contributed by atoms with Gasteiger partial charge in [-0.3, -0.25) is 0 Å². The van der Waals surface area contributed by atoms with E-state index in [0.717, 1.165) is 12.8 Å². The molecule has 7 heteroatoms. The van der Waals surface area contributed by atoms with E-state index in [1.165, 1.54) is 174 Å². The van der Waals surface area contributed by atoms with Crippen molar-refractivity contribution < 1.29 is 0 Å². The molecule has 422 valence electrons. The van der Waals surface area contributed by atoms with E-state index in [2.05, 4.69) is 265 Å². The molecular formula is C78H75BN4S2. The lowest BCUT2D eigenvalue weighted by atomic mass is 9.33. The maximum absolute atomic E-state index is 2.84. The second-order valence-electron chi connectivity index (χ2n) is 29.1. The predicted octanol–water partition coefficient (Wildman–Crippen LogP) is 20.6. The Hall–Kier alpha value is -7.32. The monoisotopic (exact) mass is 1140 g/mol. The maximum atomic E-state index is 2.84. The molecule has 2 aliphatic carbocycles. The van der Waals surface area contributed by atoms with Gasteiger partial charge in [0, 0.05) is 96.7 Å². The van der Waals surface area contributed by atoms with Crippen molar-refractivity contribution in [3.8, 4) is 0 Å². The van der Waals surface area contributed by atoms with E-state index in [-0.39, 0.29) is 39.5 Å². The summed E-state index contributed by atoms with van der Waals surface area (Å²) in [6.07, 6.45) is 9.55. The molecule has 6 heterocycles. The molecule has 4 atom stereocenters. The molecule has 2 fully saturated rings. The van der Waals surface area contributed by atoms with Gasteiger partial charge in [0.25, 0.3) is 6.71 Å². The lowest BCUT2D eigenvalue weighted by Crippen LogP contribution is -2.62. The topological polar surface area (TPSA) is 13.0 Å². The molecule has 9 aromatic carbocycles. The van der Waals surface area contributed by atoms with Crippen molar-refractivity contribution in [3.63, 3.8) is 0 Å². The minimum atomic E-state index is -0.163. The fourth-order valence-electron chi connectivity index (χ4n) is 17.8. The average Bonchev–Trinajstić information content (AvgIpc) is 1.76. The molecular weight excluding hydrogens is 1070 g/mol. The van der Waals surface area contributed by atoms with Gasteiger partial charge < -0.3 is 19.6 Å². The van der Waals surface area contributed by atoms with Gasteiger partial charge in [-0.15, -0.1) is 22.7 Å². The van der Waals surface area contributed by atoms with Crippen molar-refractivity contribution in [2.24, 2.45) is 0 Å². The summed E-state index contributed by atoms with van der Waals surface area (Å²) in [5.41, 5.74) is 22.3. The number of thiophene rings is 2. The molecule has 4 aliphatic heterocycles. The Morgan fingerprint density at radius 1 is 0.376 bits per heavy atom. The van der Waals surface area contributed by atoms with E-state index in [9.17, 15) is 0 Å². The number of hydrogen-bond acceptors (Lipinski definition) is 6. The summed E-state index contributed by atoms with van der Waals surface area (Å²) in [5, 5.41) is 5.27. The van der Waals surface area contributed by atoms with Crippen molar-refractivity contribution in [2.75, 3.05) is 19.6 Å². The van der Waals surface area contributed by atoms with Gasteiger partial charge in [-0.1, -0.05) is 178 Å². The summed E-state index contributed by atoms with van der Waals surface area (Å²) in [7, 11) is 0. The third-order valence-corrected chi connectivity index (χ3v) is 24.9. The van der Waals surface area contributed by atoms with Crippen LogP contribution in [0.3, 0.4) is 0 Å². The molecule has 2 aromatic heterocycles. The van der Waals surface area contributed by atoms with Crippen molar-refractivity contribution in [1.29, 1.82) is 0 Å². The number of rotatable bonds is 4. The van der Waals surface area contributed by atoms with Gasteiger partial charge in [0.2, 0.25) is 0 Å². The first-order valence-electron chi connectivity index (χ1n) is 31.6. The molecule has 0 amide bonds. The van der Waals surface area contributed by atoms with E-state index >= 15 is 0 Å². The molecule has 0 radical (unpaired) electrons. The van der Waals surface area contributed by atoms with Crippen LogP contribution in [0.5, 0.6) is 0 Å². The summed E-state index contributed by atoms with van der Waals surface area (Å²) in [6.45, 7) is 24.6. The maximum Gasteiger partial charge on any atom is 0.252 e. The van der Waals surface area contributed by atoms with Crippen LogP contribution in [0.1, 0.15) is 143 Å². The van der Waals surface area contributed by atoms with Crippen molar-refractivity contribution in [3.05, 3.63) is 198 Å². The second-order valence-corrected chi connectivity index (χ2v) is 31.2. The summed E-state index contributed by atoms with van der Waals surface area (Å²) in [6, 6.07) is 70.2. The highest BCUT2D eigenvalue weighted by Gasteiger charge is 2.60. The first kappa shape index (κ1) is 52.0. The first-order chi connectivity index (χ1) is 40.9. The molecule has 0 saturated heterocycles. The van der Waals surface area contributed by atoms with Crippen LogP contribution >= 0.6 is 22.7 Å². The minimum Gasteiger partial charge on any atom is -0.334 e. The Morgan fingerprint density at radius 3 is 1.46 bits per heavy atom. The summed E-state index contributed by atoms with van der Waals surface area (Å²) in [4.78, 5) is 11.2. The number of para-hydroxylation sites is 1. The Balaban J connectivity index is 1.02. The molecule has 2 saturated carbocycles.